The third-order valence-corrected chi connectivity index (χ3v) is 5.01. The summed E-state index contributed by atoms with van der Waals surface area (Å²) in [5.41, 5.74) is -0.191. The van der Waals surface area contributed by atoms with Gasteiger partial charge in [-0.2, -0.15) is 13.2 Å². The number of piperidine rings is 1. The highest BCUT2D eigenvalue weighted by Crippen LogP contribution is 2.36. The number of halogens is 3. The summed E-state index contributed by atoms with van der Waals surface area (Å²) in [4.78, 5) is 38.5. The molecule has 6 nitrogen and oxygen atoms in total. The van der Waals surface area contributed by atoms with Crippen LogP contribution in [0.2, 0.25) is 0 Å². The maximum absolute atomic E-state index is 13.1. The van der Waals surface area contributed by atoms with E-state index in [1.807, 2.05) is 4.90 Å². The lowest BCUT2D eigenvalue weighted by Crippen LogP contribution is -2.33. The molecule has 1 aromatic carbocycles. The first-order valence-electron chi connectivity index (χ1n) is 9.35. The molecule has 2 fully saturated rings. The minimum atomic E-state index is -4.52. The fourth-order valence-electron chi connectivity index (χ4n) is 3.52. The van der Waals surface area contributed by atoms with Gasteiger partial charge in [-0.3, -0.25) is 19.3 Å². The van der Waals surface area contributed by atoms with Crippen LogP contribution in [0.15, 0.2) is 18.2 Å². The van der Waals surface area contributed by atoms with E-state index >= 15 is 0 Å². The fourth-order valence-corrected chi connectivity index (χ4v) is 3.52. The third-order valence-electron chi connectivity index (χ3n) is 5.01. The van der Waals surface area contributed by atoms with Crippen molar-refractivity contribution >= 4 is 29.1 Å². The molecule has 28 heavy (non-hydrogen) atoms. The van der Waals surface area contributed by atoms with Crippen molar-refractivity contribution in [2.24, 2.45) is 0 Å². The number of nitrogens with zero attached hydrogens (tertiary/aromatic N) is 2. The Morgan fingerprint density at radius 1 is 1.04 bits per heavy atom. The Labute approximate surface area is 160 Å². The molecule has 0 radical (unpaired) electrons. The van der Waals surface area contributed by atoms with Crippen LogP contribution in [0.25, 0.3) is 0 Å². The number of anilines is 2. The zero-order valence-electron chi connectivity index (χ0n) is 15.3. The summed E-state index contributed by atoms with van der Waals surface area (Å²) in [7, 11) is 0. The smallest absolute Gasteiger partial charge is 0.370 e. The largest absolute Gasteiger partial charge is 0.416 e. The number of carbonyl (C=O) groups is 3. The number of nitrogens with one attached hydrogen (secondary N) is 1. The highest BCUT2D eigenvalue weighted by molar-refractivity contribution is 6.02. The number of benzene rings is 1. The average molecular weight is 397 g/mol. The van der Waals surface area contributed by atoms with Gasteiger partial charge >= 0.3 is 6.18 Å². The predicted octanol–water partition coefficient (Wildman–Crippen LogP) is 3.17. The maximum Gasteiger partial charge on any atom is 0.416 e. The Bertz CT molecular complexity index is 757. The van der Waals surface area contributed by atoms with Crippen molar-refractivity contribution in [1.82, 2.24) is 4.90 Å². The van der Waals surface area contributed by atoms with E-state index < -0.39 is 17.6 Å². The molecule has 0 atom stereocenters. The highest BCUT2D eigenvalue weighted by atomic mass is 19.4. The molecule has 0 aromatic heterocycles. The molecule has 1 aromatic rings. The van der Waals surface area contributed by atoms with Gasteiger partial charge in [0.2, 0.25) is 17.7 Å². The van der Waals surface area contributed by atoms with E-state index in [0.29, 0.717) is 18.8 Å². The quantitative estimate of drug-likeness (QED) is 0.775. The number of amides is 3. The van der Waals surface area contributed by atoms with Crippen LogP contribution in [0.3, 0.4) is 0 Å². The molecule has 3 rings (SSSR count). The molecule has 2 aliphatic rings. The molecule has 0 bridgehead atoms. The Hall–Kier alpha value is -2.58. The van der Waals surface area contributed by atoms with Gasteiger partial charge in [0.15, 0.2) is 0 Å². The highest BCUT2D eigenvalue weighted by Gasteiger charge is 2.32. The molecule has 2 saturated heterocycles. The van der Waals surface area contributed by atoms with Gasteiger partial charge < -0.3 is 10.2 Å². The van der Waals surface area contributed by atoms with E-state index in [9.17, 15) is 27.6 Å². The maximum atomic E-state index is 13.1. The van der Waals surface area contributed by atoms with Crippen LogP contribution in [0, 0.1) is 0 Å². The van der Waals surface area contributed by atoms with Crippen LogP contribution < -0.4 is 10.2 Å². The van der Waals surface area contributed by atoms with Crippen molar-refractivity contribution in [3.05, 3.63) is 23.8 Å². The van der Waals surface area contributed by atoms with Gasteiger partial charge in [-0.05, 0) is 37.5 Å². The van der Waals surface area contributed by atoms with Crippen LogP contribution in [0.1, 0.15) is 44.1 Å². The van der Waals surface area contributed by atoms with E-state index in [-0.39, 0.29) is 43.3 Å². The van der Waals surface area contributed by atoms with Crippen LogP contribution >= 0.6 is 0 Å². The first-order chi connectivity index (χ1) is 13.3. The lowest BCUT2D eigenvalue weighted by atomic mass is 10.1. The van der Waals surface area contributed by atoms with Crippen molar-refractivity contribution in [3.8, 4) is 0 Å². The van der Waals surface area contributed by atoms with E-state index in [1.54, 1.807) is 0 Å². The van der Waals surface area contributed by atoms with Gasteiger partial charge in [-0.25, -0.2) is 0 Å². The lowest BCUT2D eigenvalue weighted by Gasteiger charge is -2.31. The van der Waals surface area contributed by atoms with E-state index in [2.05, 4.69) is 5.32 Å². The fraction of sp³-hybridized carbons (Fsp3) is 0.526. The molecule has 0 aliphatic carbocycles. The topological polar surface area (TPSA) is 69.7 Å². The summed E-state index contributed by atoms with van der Waals surface area (Å²) in [6, 6.07) is 3.34. The first-order valence-corrected chi connectivity index (χ1v) is 9.35. The number of alkyl halides is 3. The Morgan fingerprint density at radius 3 is 2.29 bits per heavy atom. The summed E-state index contributed by atoms with van der Waals surface area (Å²) in [5.74, 6) is -1.19. The second kappa shape index (κ2) is 8.20. The van der Waals surface area contributed by atoms with Crippen LogP contribution in [0.5, 0.6) is 0 Å². The van der Waals surface area contributed by atoms with Gasteiger partial charge in [0.1, 0.15) is 0 Å². The second-order valence-electron chi connectivity index (χ2n) is 7.01. The third kappa shape index (κ3) is 4.63. The molecule has 0 spiro atoms. The zero-order chi connectivity index (χ0) is 20.3. The van der Waals surface area contributed by atoms with Gasteiger partial charge in [0.25, 0.3) is 0 Å². The van der Waals surface area contributed by atoms with Crippen molar-refractivity contribution in [2.45, 2.75) is 44.7 Å². The van der Waals surface area contributed by atoms with E-state index in [0.717, 1.165) is 36.3 Å². The van der Waals surface area contributed by atoms with Crippen molar-refractivity contribution in [2.75, 3.05) is 29.9 Å². The number of hydrogen-bond donors (Lipinski definition) is 1. The monoisotopic (exact) mass is 397 g/mol. The van der Waals surface area contributed by atoms with Gasteiger partial charge in [-0.1, -0.05) is 0 Å². The minimum absolute atomic E-state index is 0.0679. The van der Waals surface area contributed by atoms with Crippen molar-refractivity contribution in [3.63, 3.8) is 0 Å². The molecule has 3 amide bonds. The zero-order valence-corrected chi connectivity index (χ0v) is 15.3. The Kier molecular flexibility index (Phi) is 5.90. The summed E-state index contributed by atoms with van der Waals surface area (Å²) in [6.07, 6.45) is -1.47. The Morgan fingerprint density at radius 2 is 1.68 bits per heavy atom. The molecule has 2 heterocycles. The lowest BCUT2D eigenvalue weighted by molar-refractivity contribution is -0.139. The SMILES string of the molecule is O=C(CCN1C(=O)CCC1=O)Nc1cc(C(F)(F)F)ccc1N1CCCCC1. The number of carbonyl (C=O) groups excluding carboxylic acids is 3. The summed E-state index contributed by atoms with van der Waals surface area (Å²) in [6.45, 7) is 1.36. The number of rotatable bonds is 5. The first kappa shape index (κ1) is 20.2. The van der Waals surface area contributed by atoms with Crippen molar-refractivity contribution in [1.29, 1.82) is 0 Å². The summed E-state index contributed by atoms with van der Waals surface area (Å²) >= 11 is 0. The summed E-state index contributed by atoms with van der Waals surface area (Å²) < 4.78 is 39.3. The molecular weight excluding hydrogens is 375 g/mol. The molecule has 1 N–H and O–H groups in total. The van der Waals surface area contributed by atoms with Gasteiger partial charge in [0, 0.05) is 38.9 Å². The number of likely N-dealkylation sites (tertiary alicyclic amines) is 1. The normalized spacial score (nSPS) is 18.0. The molecule has 0 saturated carbocycles. The predicted molar refractivity (Wildman–Crippen MR) is 96.7 cm³/mol. The minimum Gasteiger partial charge on any atom is -0.370 e. The van der Waals surface area contributed by atoms with Crippen LogP contribution in [-0.4, -0.2) is 42.3 Å². The van der Waals surface area contributed by atoms with Gasteiger partial charge in [0.05, 0.1) is 16.9 Å². The molecule has 2 aliphatic heterocycles. The molecule has 9 heteroatoms. The number of hydrogen-bond acceptors (Lipinski definition) is 4. The van der Waals surface area contributed by atoms with Gasteiger partial charge in [-0.15, -0.1) is 0 Å². The van der Waals surface area contributed by atoms with Crippen LogP contribution in [0.4, 0.5) is 24.5 Å². The standard InChI is InChI=1S/C19H22F3N3O3/c20-19(21,22)13-4-5-15(24-9-2-1-3-10-24)14(12-13)23-16(26)8-11-25-17(27)6-7-18(25)28/h4-5,12H,1-3,6-11H2,(H,23,26). The second-order valence-corrected chi connectivity index (χ2v) is 7.01. The summed E-state index contributed by atoms with van der Waals surface area (Å²) in [5, 5.41) is 2.54. The van der Waals surface area contributed by atoms with Crippen molar-refractivity contribution < 1.29 is 27.6 Å². The van der Waals surface area contributed by atoms with E-state index in [1.165, 1.54) is 6.07 Å². The number of imide groups is 1. The average Bonchev–Trinajstić information content (AvgIpc) is 2.98. The molecule has 152 valence electrons. The van der Waals surface area contributed by atoms with Crippen LogP contribution in [-0.2, 0) is 20.6 Å². The molecule has 0 unspecified atom stereocenters. The Balaban J connectivity index is 1.74. The molecular formula is C19H22F3N3O3. The van der Waals surface area contributed by atoms with E-state index in [4.69, 9.17) is 0 Å².